The summed E-state index contributed by atoms with van der Waals surface area (Å²) in [5.41, 5.74) is 1.59. The van der Waals surface area contributed by atoms with Crippen molar-refractivity contribution in [1.29, 1.82) is 0 Å². The fourth-order valence-electron chi connectivity index (χ4n) is 5.87. The van der Waals surface area contributed by atoms with E-state index in [1.54, 1.807) is 7.11 Å². The van der Waals surface area contributed by atoms with Gasteiger partial charge in [0.05, 0.1) is 6.10 Å². The molecule has 0 bridgehead atoms. The predicted molar refractivity (Wildman–Crippen MR) is 132 cm³/mol. The molecule has 1 saturated carbocycles. The number of carbonyl (C=O) groups is 2. The first-order chi connectivity index (χ1) is 16.4. The Morgan fingerprint density at radius 2 is 2.00 bits per heavy atom. The number of ether oxygens (including phenoxy) is 2. The van der Waals surface area contributed by atoms with E-state index in [1.807, 2.05) is 54.6 Å². The maximum Gasteiger partial charge on any atom is 0.308 e. The molecular formula is C28H34N2O4. The Morgan fingerprint density at radius 1 is 1.21 bits per heavy atom. The van der Waals surface area contributed by atoms with Gasteiger partial charge in [0.25, 0.3) is 5.91 Å². The van der Waals surface area contributed by atoms with Crippen LogP contribution in [0.4, 0.5) is 0 Å². The Labute approximate surface area is 201 Å². The predicted octanol–water partition coefficient (Wildman–Crippen LogP) is 3.97. The number of hydrogen-bond donors (Lipinski definition) is 1. The number of nitrogens with one attached hydrogen (secondary N) is 1. The van der Waals surface area contributed by atoms with E-state index in [0.717, 1.165) is 44.5 Å². The molecule has 1 amide bonds. The maximum absolute atomic E-state index is 13.0. The summed E-state index contributed by atoms with van der Waals surface area (Å²) in [6, 6.07) is 17.2. The number of carbonyl (C=O) groups excluding carboxylic acids is 2. The molecule has 2 aliphatic rings. The fourth-order valence-corrected chi connectivity index (χ4v) is 5.87. The minimum absolute atomic E-state index is 0.0141. The molecule has 0 radical (unpaired) electrons. The van der Waals surface area contributed by atoms with E-state index in [2.05, 4.69) is 22.9 Å². The second kappa shape index (κ2) is 10.5. The van der Waals surface area contributed by atoms with Crippen molar-refractivity contribution >= 4 is 11.9 Å². The van der Waals surface area contributed by atoms with Crippen LogP contribution in [-0.4, -0.2) is 55.7 Å². The normalized spacial score (nSPS) is 26.8. The minimum Gasteiger partial charge on any atom is -0.427 e. The fraction of sp³-hybridized carbons (Fsp3) is 0.429. The first-order valence-corrected chi connectivity index (χ1v) is 12.0. The molecule has 2 aromatic rings. The molecule has 1 N–H and O–H groups in total. The molecule has 1 aliphatic carbocycles. The standard InChI is InChI=1S/C28H34N2O4/c1-4-14-30-15-13-28(22-11-8-12-24(16-22)34-20(2)31)18-23(17-26(33-3)25(28)19-30)29-27(32)21-9-6-5-7-10-21/h4-12,16,23,25-26H,1,13-15,17-19H2,2-3H3,(H,29,32)/t23-,25+,26?,28+/m1/s1. The van der Waals surface area contributed by atoms with Gasteiger partial charge in [0.15, 0.2) is 0 Å². The number of methoxy groups -OCH3 is 1. The summed E-state index contributed by atoms with van der Waals surface area (Å²) >= 11 is 0. The van der Waals surface area contributed by atoms with Gasteiger partial charge in [0, 0.05) is 50.1 Å². The van der Waals surface area contributed by atoms with Crippen molar-refractivity contribution in [2.45, 2.75) is 43.7 Å². The van der Waals surface area contributed by atoms with Gasteiger partial charge in [-0.1, -0.05) is 36.4 Å². The van der Waals surface area contributed by atoms with Crippen LogP contribution in [0.5, 0.6) is 5.75 Å². The van der Waals surface area contributed by atoms with Crippen LogP contribution in [-0.2, 0) is 14.9 Å². The lowest BCUT2D eigenvalue weighted by atomic mass is 9.57. The monoisotopic (exact) mass is 462 g/mol. The van der Waals surface area contributed by atoms with Crippen LogP contribution in [0.1, 0.15) is 42.1 Å². The van der Waals surface area contributed by atoms with Gasteiger partial charge in [0.1, 0.15) is 5.75 Å². The summed E-state index contributed by atoms with van der Waals surface area (Å²) in [7, 11) is 1.76. The smallest absolute Gasteiger partial charge is 0.308 e. The van der Waals surface area contributed by atoms with Crippen LogP contribution < -0.4 is 10.1 Å². The van der Waals surface area contributed by atoms with E-state index in [1.165, 1.54) is 6.92 Å². The highest BCUT2D eigenvalue weighted by Gasteiger charge is 2.52. The molecule has 1 heterocycles. The minimum atomic E-state index is -0.335. The number of benzene rings is 2. The molecule has 0 spiro atoms. The highest BCUT2D eigenvalue weighted by molar-refractivity contribution is 5.94. The average molecular weight is 463 g/mol. The number of amides is 1. The Bertz CT molecular complexity index is 1020. The lowest BCUT2D eigenvalue weighted by Gasteiger charge is -2.55. The van der Waals surface area contributed by atoms with Crippen molar-refractivity contribution in [3.8, 4) is 5.75 Å². The average Bonchev–Trinajstić information content (AvgIpc) is 2.84. The van der Waals surface area contributed by atoms with Gasteiger partial charge in [-0.2, -0.15) is 0 Å². The van der Waals surface area contributed by atoms with Crippen molar-refractivity contribution < 1.29 is 19.1 Å². The number of esters is 1. The molecule has 0 aromatic heterocycles. The maximum atomic E-state index is 13.0. The number of piperidine rings is 1. The van der Waals surface area contributed by atoms with Crippen molar-refractivity contribution in [2.75, 3.05) is 26.7 Å². The van der Waals surface area contributed by atoms with Crippen molar-refractivity contribution in [2.24, 2.45) is 5.92 Å². The second-order valence-electron chi connectivity index (χ2n) is 9.43. The van der Waals surface area contributed by atoms with Crippen LogP contribution >= 0.6 is 0 Å². The molecule has 180 valence electrons. The summed E-state index contributed by atoms with van der Waals surface area (Å²) in [5.74, 6) is 0.393. The highest BCUT2D eigenvalue weighted by atomic mass is 16.5. The van der Waals surface area contributed by atoms with Crippen molar-refractivity contribution in [3.05, 3.63) is 78.4 Å². The largest absolute Gasteiger partial charge is 0.427 e. The molecule has 1 saturated heterocycles. The summed E-state index contributed by atoms with van der Waals surface area (Å²) < 4.78 is 11.5. The zero-order valence-corrected chi connectivity index (χ0v) is 20.0. The van der Waals surface area contributed by atoms with Crippen LogP contribution in [0.3, 0.4) is 0 Å². The van der Waals surface area contributed by atoms with Gasteiger partial charge >= 0.3 is 5.97 Å². The number of hydrogen-bond acceptors (Lipinski definition) is 5. The molecule has 2 fully saturated rings. The van der Waals surface area contributed by atoms with Crippen LogP contribution in [0.15, 0.2) is 67.3 Å². The van der Waals surface area contributed by atoms with E-state index >= 15 is 0 Å². The second-order valence-corrected chi connectivity index (χ2v) is 9.43. The molecule has 1 aliphatic heterocycles. The Morgan fingerprint density at radius 3 is 2.71 bits per heavy atom. The molecule has 4 rings (SSSR count). The third-order valence-corrected chi connectivity index (χ3v) is 7.35. The Balaban J connectivity index is 1.68. The lowest BCUT2D eigenvalue weighted by molar-refractivity contribution is -0.131. The van der Waals surface area contributed by atoms with E-state index in [9.17, 15) is 9.59 Å². The van der Waals surface area contributed by atoms with Gasteiger partial charge in [-0.15, -0.1) is 6.58 Å². The third kappa shape index (κ3) is 5.08. The van der Waals surface area contributed by atoms with E-state index in [-0.39, 0.29) is 35.4 Å². The van der Waals surface area contributed by atoms with Crippen LogP contribution in [0.2, 0.25) is 0 Å². The Hall–Kier alpha value is -2.96. The summed E-state index contributed by atoms with van der Waals surface area (Å²) in [6.07, 6.45) is 4.42. The van der Waals surface area contributed by atoms with Gasteiger partial charge < -0.3 is 14.8 Å². The molecule has 34 heavy (non-hydrogen) atoms. The molecule has 2 aromatic carbocycles. The SMILES string of the molecule is C=CCN1CC[C@@]2(c3cccc(OC(C)=O)c3)C[C@H](NC(=O)c3ccccc3)CC(OC)[C@@H]2C1. The first-order valence-electron chi connectivity index (χ1n) is 12.0. The molecular weight excluding hydrogens is 428 g/mol. The molecule has 1 unspecified atom stereocenters. The molecule has 6 nitrogen and oxygen atoms in total. The number of rotatable bonds is 7. The van der Waals surface area contributed by atoms with Gasteiger partial charge in [0.2, 0.25) is 0 Å². The van der Waals surface area contributed by atoms with Gasteiger partial charge in [-0.05, 0) is 55.6 Å². The van der Waals surface area contributed by atoms with Gasteiger partial charge in [-0.25, -0.2) is 0 Å². The molecule has 6 heteroatoms. The quantitative estimate of drug-likeness (QED) is 0.383. The topological polar surface area (TPSA) is 67.9 Å². The van der Waals surface area contributed by atoms with E-state index < -0.39 is 0 Å². The Kier molecular flexibility index (Phi) is 7.49. The van der Waals surface area contributed by atoms with Crippen molar-refractivity contribution in [1.82, 2.24) is 10.2 Å². The van der Waals surface area contributed by atoms with E-state index in [4.69, 9.17) is 9.47 Å². The van der Waals surface area contributed by atoms with Crippen molar-refractivity contribution in [3.63, 3.8) is 0 Å². The number of likely N-dealkylation sites (tertiary alicyclic amines) is 1. The number of fused-ring (bicyclic) bond motifs is 1. The number of nitrogens with zero attached hydrogens (tertiary/aromatic N) is 1. The highest BCUT2D eigenvalue weighted by Crippen LogP contribution is 2.50. The summed E-state index contributed by atoms with van der Waals surface area (Å²) in [6.45, 7) is 7.99. The third-order valence-electron chi connectivity index (χ3n) is 7.35. The van der Waals surface area contributed by atoms with E-state index in [0.29, 0.717) is 11.3 Å². The van der Waals surface area contributed by atoms with Crippen LogP contribution in [0, 0.1) is 5.92 Å². The summed E-state index contributed by atoms with van der Waals surface area (Å²) in [5, 5.41) is 3.28. The van der Waals surface area contributed by atoms with Gasteiger partial charge in [-0.3, -0.25) is 14.5 Å². The zero-order valence-electron chi connectivity index (χ0n) is 20.0. The zero-order chi connectivity index (χ0) is 24.1. The summed E-state index contributed by atoms with van der Waals surface area (Å²) in [4.78, 5) is 27.0. The molecule has 4 atom stereocenters. The van der Waals surface area contributed by atoms with Crippen LogP contribution in [0.25, 0.3) is 0 Å². The first kappa shape index (κ1) is 24.2. The lowest BCUT2D eigenvalue weighted by Crippen LogP contribution is -2.61.